The molecule has 1 heterocycles. The zero-order chi connectivity index (χ0) is 21.2. The van der Waals surface area contributed by atoms with Gasteiger partial charge in [-0.3, -0.25) is 9.59 Å². The molecular formula is C18H17N3O6S2. The van der Waals surface area contributed by atoms with E-state index in [0.717, 1.165) is 11.3 Å². The molecule has 1 aromatic heterocycles. The number of thiazole rings is 1. The largest absolute Gasteiger partial charge is 0.497 e. The van der Waals surface area contributed by atoms with Gasteiger partial charge in [0, 0.05) is 5.56 Å². The van der Waals surface area contributed by atoms with E-state index in [0.29, 0.717) is 21.5 Å². The van der Waals surface area contributed by atoms with Gasteiger partial charge in [0.1, 0.15) is 12.3 Å². The number of carbonyl (C=O) groups is 2. The number of sulfonamides is 1. The molecule has 29 heavy (non-hydrogen) atoms. The highest BCUT2D eigenvalue weighted by atomic mass is 32.2. The first-order chi connectivity index (χ1) is 13.7. The SMILES string of the molecule is COC(=O)Cn1c(=NC(=O)c2cccc(OC)c2)sc2cc(S(N)(=O)=O)ccc21. The molecular weight excluding hydrogens is 418 g/mol. The van der Waals surface area contributed by atoms with Gasteiger partial charge in [-0.15, -0.1) is 0 Å². The van der Waals surface area contributed by atoms with Gasteiger partial charge in [0.15, 0.2) is 4.80 Å². The Morgan fingerprint density at radius 2 is 1.93 bits per heavy atom. The number of hydrogen-bond acceptors (Lipinski definition) is 7. The number of nitrogens with zero attached hydrogens (tertiary/aromatic N) is 2. The molecule has 3 aromatic rings. The number of benzene rings is 2. The van der Waals surface area contributed by atoms with Gasteiger partial charge >= 0.3 is 5.97 Å². The number of amides is 1. The Labute approximate surface area is 170 Å². The molecule has 11 heteroatoms. The van der Waals surface area contributed by atoms with Crippen LogP contribution in [0, 0.1) is 0 Å². The number of esters is 1. The first-order valence-electron chi connectivity index (χ1n) is 8.19. The van der Waals surface area contributed by atoms with E-state index in [2.05, 4.69) is 4.99 Å². The van der Waals surface area contributed by atoms with Crippen molar-refractivity contribution in [2.45, 2.75) is 11.4 Å². The van der Waals surface area contributed by atoms with E-state index >= 15 is 0 Å². The number of rotatable bonds is 5. The average Bonchev–Trinajstić information content (AvgIpc) is 3.03. The lowest BCUT2D eigenvalue weighted by molar-refractivity contribution is -0.141. The fourth-order valence-electron chi connectivity index (χ4n) is 2.57. The summed E-state index contributed by atoms with van der Waals surface area (Å²) in [6.45, 7) is -0.199. The van der Waals surface area contributed by atoms with Crippen molar-refractivity contribution in [3.05, 3.63) is 52.8 Å². The van der Waals surface area contributed by atoms with Gasteiger partial charge in [-0.25, -0.2) is 13.6 Å². The Kier molecular flexibility index (Phi) is 5.82. The third-order valence-corrected chi connectivity index (χ3v) is 5.96. The summed E-state index contributed by atoms with van der Waals surface area (Å²) in [5.74, 6) is -0.584. The molecule has 0 atom stereocenters. The van der Waals surface area contributed by atoms with E-state index in [9.17, 15) is 18.0 Å². The van der Waals surface area contributed by atoms with Crippen molar-refractivity contribution >= 4 is 43.5 Å². The third-order valence-electron chi connectivity index (χ3n) is 4.01. The third kappa shape index (κ3) is 4.53. The summed E-state index contributed by atoms with van der Waals surface area (Å²) < 4.78 is 35.1. The van der Waals surface area contributed by atoms with E-state index in [1.807, 2.05) is 0 Å². The number of ether oxygens (including phenoxy) is 2. The minimum Gasteiger partial charge on any atom is -0.497 e. The normalized spacial score (nSPS) is 12.2. The molecule has 0 spiro atoms. The number of hydrogen-bond donors (Lipinski definition) is 1. The minimum absolute atomic E-state index is 0.0814. The second-order valence-electron chi connectivity index (χ2n) is 5.87. The van der Waals surface area contributed by atoms with Gasteiger partial charge in [0.2, 0.25) is 10.0 Å². The molecule has 0 aliphatic carbocycles. The maximum atomic E-state index is 12.6. The van der Waals surface area contributed by atoms with E-state index in [-0.39, 0.29) is 16.2 Å². The maximum absolute atomic E-state index is 12.6. The fraction of sp³-hybridized carbons (Fsp3) is 0.167. The zero-order valence-corrected chi connectivity index (χ0v) is 17.1. The highest BCUT2D eigenvalue weighted by Gasteiger charge is 2.16. The second kappa shape index (κ2) is 8.15. The van der Waals surface area contributed by atoms with Crippen LogP contribution >= 0.6 is 11.3 Å². The van der Waals surface area contributed by atoms with Crippen LogP contribution in [0.2, 0.25) is 0 Å². The van der Waals surface area contributed by atoms with Crippen molar-refractivity contribution in [1.82, 2.24) is 4.57 Å². The van der Waals surface area contributed by atoms with E-state index < -0.39 is 21.9 Å². The summed E-state index contributed by atoms with van der Waals surface area (Å²) in [4.78, 5) is 28.7. The Bertz CT molecular complexity index is 1270. The molecule has 1 amide bonds. The summed E-state index contributed by atoms with van der Waals surface area (Å²) >= 11 is 1.06. The number of fused-ring (bicyclic) bond motifs is 1. The van der Waals surface area contributed by atoms with Crippen LogP contribution in [-0.2, 0) is 26.1 Å². The molecule has 3 rings (SSSR count). The summed E-state index contributed by atoms with van der Waals surface area (Å²) in [6, 6.07) is 10.7. The Hall–Kier alpha value is -3.02. The summed E-state index contributed by atoms with van der Waals surface area (Å²) in [7, 11) is -1.17. The van der Waals surface area contributed by atoms with Gasteiger partial charge in [-0.05, 0) is 36.4 Å². The number of primary sulfonamides is 1. The van der Waals surface area contributed by atoms with Gasteiger partial charge in [0.25, 0.3) is 5.91 Å². The molecule has 0 radical (unpaired) electrons. The van der Waals surface area contributed by atoms with Crippen LogP contribution in [0.5, 0.6) is 5.75 Å². The molecule has 2 aromatic carbocycles. The van der Waals surface area contributed by atoms with Crippen molar-refractivity contribution in [3.63, 3.8) is 0 Å². The van der Waals surface area contributed by atoms with Crippen molar-refractivity contribution in [1.29, 1.82) is 0 Å². The van der Waals surface area contributed by atoms with E-state index in [1.165, 1.54) is 37.0 Å². The number of carbonyl (C=O) groups excluding carboxylic acids is 2. The lowest BCUT2D eigenvalue weighted by Gasteiger charge is -2.04. The molecule has 0 saturated heterocycles. The van der Waals surface area contributed by atoms with Crippen molar-refractivity contribution in [2.24, 2.45) is 10.1 Å². The van der Waals surface area contributed by atoms with Crippen LogP contribution in [0.3, 0.4) is 0 Å². The molecule has 0 bridgehead atoms. The maximum Gasteiger partial charge on any atom is 0.325 e. The van der Waals surface area contributed by atoms with E-state index in [1.54, 1.807) is 24.3 Å². The molecule has 9 nitrogen and oxygen atoms in total. The molecule has 0 saturated carbocycles. The first-order valence-corrected chi connectivity index (χ1v) is 10.6. The summed E-state index contributed by atoms with van der Waals surface area (Å²) in [6.07, 6.45) is 0. The molecule has 0 fully saturated rings. The number of aromatic nitrogens is 1. The van der Waals surface area contributed by atoms with Crippen molar-refractivity contribution < 1.29 is 27.5 Å². The fourth-order valence-corrected chi connectivity index (χ4v) is 4.25. The Morgan fingerprint density at radius 3 is 2.59 bits per heavy atom. The monoisotopic (exact) mass is 435 g/mol. The molecule has 152 valence electrons. The quantitative estimate of drug-likeness (QED) is 0.601. The van der Waals surface area contributed by atoms with Crippen LogP contribution in [0.15, 0.2) is 52.4 Å². The lowest BCUT2D eigenvalue weighted by atomic mass is 10.2. The topological polar surface area (TPSA) is 130 Å². The standard InChI is InChI=1S/C18H17N3O6S2/c1-26-12-5-3-4-11(8-12)17(23)20-18-21(10-16(22)27-2)14-7-6-13(29(19,24)25)9-15(14)28-18/h3-9H,10H2,1-2H3,(H2,19,24,25). The molecule has 0 aliphatic rings. The van der Waals surface area contributed by atoms with Crippen molar-refractivity contribution in [2.75, 3.05) is 14.2 Å². The van der Waals surface area contributed by atoms with Crippen molar-refractivity contribution in [3.8, 4) is 5.75 Å². The Balaban J connectivity index is 2.18. The van der Waals surface area contributed by atoms with Crippen LogP contribution in [0.1, 0.15) is 10.4 Å². The smallest absolute Gasteiger partial charge is 0.325 e. The zero-order valence-electron chi connectivity index (χ0n) is 15.5. The molecule has 0 unspecified atom stereocenters. The predicted octanol–water partition coefficient (Wildman–Crippen LogP) is 1.27. The highest BCUT2D eigenvalue weighted by molar-refractivity contribution is 7.89. The predicted molar refractivity (Wildman–Crippen MR) is 106 cm³/mol. The van der Waals surface area contributed by atoms with Crippen LogP contribution in [0.25, 0.3) is 10.2 Å². The molecule has 0 aliphatic heterocycles. The Morgan fingerprint density at radius 1 is 1.17 bits per heavy atom. The van der Waals surface area contributed by atoms with Gasteiger partial charge < -0.3 is 14.0 Å². The second-order valence-corrected chi connectivity index (χ2v) is 8.44. The lowest BCUT2D eigenvalue weighted by Crippen LogP contribution is -2.22. The van der Waals surface area contributed by atoms with Crippen LogP contribution in [0.4, 0.5) is 0 Å². The highest BCUT2D eigenvalue weighted by Crippen LogP contribution is 2.22. The van der Waals surface area contributed by atoms with Gasteiger partial charge in [-0.2, -0.15) is 4.99 Å². The first kappa shape index (κ1) is 20.7. The van der Waals surface area contributed by atoms with E-state index in [4.69, 9.17) is 14.6 Å². The van der Waals surface area contributed by atoms with Gasteiger partial charge in [0.05, 0.1) is 29.3 Å². The van der Waals surface area contributed by atoms with Crippen LogP contribution in [-0.4, -0.2) is 39.1 Å². The number of nitrogens with two attached hydrogens (primary N) is 1. The minimum atomic E-state index is -3.90. The number of methoxy groups -OCH3 is 2. The summed E-state index contributed by atoms with van der Waals surface area (Å²) in [5.41, 5.74) is 0.821. The average molecular weight is 435 g/mol. The van der Waals surface area contributed by atoms with Crippen LogP contribution < -0.4 is 14.7 Å². The van der Waals surface area contributed by atoms with Gasteiger partial charge in [-0.1, -0.05) is 17.4 Å². The summed E-state index contributed by atoms with van der Waals surface area (Å²) in [5, 5.41) is 5.19. The molecule has 2 N–H and O–H groups in total.